The van der Waals surface area contributed by atoms with E-state index in [4.69, 9.17) is 0 Å². The topological polar surface area (TPSA) is 12.0 Å². The van der Waals surface area contributed by atoms with Crippen molar-refractivity contribution in [2.24, 2.45) is 0 Å². The molecule has 0 aliphatic carbocycles. The Morgan fingerprint density at radius 2 is 2.14 bits per heavy atom. The lowest BCUT2D eigenvalue weighted by Gasteiger charge is -2.19. The minimum atomic E-state index is -0.0431. The van der Waals surface area contributed by atoms with Gasteiger partial charge in [-0.25, -0.2) is 4.39 Å². The van der Waals surface area contributed by atoms with E-state index >= 15 is 0 Å². The summed E-state index contributed by atoms with van der Waals surface area (Å²) in [6, 6.07) is 3.83. The van der Waals surface area contributed by atoms with Crippen molar-refractivity contribution in [3.8, 4) is 0 Å². The van der Waals surface area contributed by atoms with Gasteiger partial charge in [0.15, 0.2) is 0 Å². The molecule has 1 aromatic rings. The molecule has 1 aromatic carbocycles. The monoisotopic (exact) mass is 193 g/mol. The summed E-state index contributed by atoms with van der Waals surface area (Å²) >= 11 is 0. The Labute approximate surface area is 84.3 Å². The zero-order chi connectivity index (χ0) is 10.1. The van der Waals surface area contributed by atoms with E-state index in [1.807, 2.05) is 0 Å². The number of benzene rings is 1. The molecule has 1 heterocycles. The zero-order valence-corrected chi connectivity index (χ0v) is 8.73. The molecule has 0 saturated carbocycles. The van der Waals surface area contributed by atoms with Crippen LogP contribution in [-0.2, 0) is 13.0 Å². The van der Waals surface area contributed by atoms with Gasteiger partial charge in [-0.1, -0.05) is 19.9 Å². The van der Waals surface area contributed by atoms with Crippen molar-refractivity contribution in [3.05, 3.63) is 34.6 Å². The van der Waals surface area contributed by atoms with Crippen LogP contribution in [0.25, 0.3) is 0 Å². The smallest absolute Gasteiger partial charge is 0.128 e. The molecule has 1 aliphatic rings. The van der Waals surface area contributed by atoms with Gasteiger partial charge in [-0.15, -0.1) is 0 Å². The van der Waals surface area contributed by atoms with Gasteiger partial charge >= 0.3 is 0 Å². The van der Waals surface area contributed by atoms with Crippen LogP contribution in [0.15, 0.2) is 12.1 Å². The first-order chi connectivity index (χ1) is 6.68. The lowest BCUT2D eigenvalue weighted by atomic mass is 9.93. The molecule has 0 aromatic heterocycles. The molecule has 1 N–H and O–H groups in total. The van der Waals surface area contributed by atoms with Gasteiger partial charge in [-0.2, -0.15) is 0 Å². The van der Waals surface area contributed by atoms with Crippen LogP contribution in [0.1, 0.15) is 36.5 Å². The van der Waals surface area contributed by atoms with Crippen LogP contribution in [-0.4, -0.2) is 6.54 Å². The van der Waals surface area contributed by atoms with Gasteiger partial charge in [0.2, 0.25) is 0 Å². The molecule has 0 spiro atoms. The van der Waals surface area contributed by atoms with E-state index in [-0.39, 0.29) is 5.82 Å². The Morgan fingerprint density at radius 1 is 1.36 bits per heavy atom. The Bertz CT molecular complexity index is 344. The maximum absolute atomic E-state index is 13.7. The van der Waals surface area contributed by atoms with Crippen molar-refractivity contribution in [3.63, 3.8) is 0 Å². The summed E-state index contributed by atoms with van der Waals surface area (Å²) < 4.78 is 13.7. The van der Waals surface area contributed by atoms with E-state index in [0.29, 0.717) is 12.5 Å². The molecule has 0 fully saturated rings. The maximum Gasteiger partial charge on any atom is 0.128 e. The molecular formula is C12H16FN. The number of fused-ring (bicyclic) bond motifs is 1. The number of rotatable bonds is 1. The molecule has 0 saturated heterocycles. The standard InChI is InChI=1S/C12H16FN/c1-8(2)10-5-9-3-4-14-7-11(9)12(13)6-10/h5-6,8,14H,3-4,7H2,1-2H3. The van der Waals surface area contributed by atoms with E-state index in [9.17, 15) is 4.39 Å². The van der Waals surface area contributed by atoms with Crippen molar-refractivity contribution in [1.29, 1.82) is 0 Å². The van der Waals surface area contributed by atoms with Gasteiger partial charge in [-0.3, -0.25) is 0 Å². The van der Waals surface area contributed by atoms with E-state index in [1.165, 1.54) is 5.56 Å². The third kappa shape index (κ3) is 1.67. The lowest BCUT2D eigenvalue weighted by Crippen LogP contribution is -2.24. The molecule has 14 heavy (non-hydrogen) atoms. The molecule has 0 amide bonds. The summed E-state index contributed by atoms with van der Waals surface area (Å²) in [7, 11) is 0. The van der Waals surface area contributed by atoms with Crippen molar-refractivity contribution >= 4 is 0 Å². The van der Waals surface area contributed by atoms with Crippen molar-refractivity contribution < 1.29 is 4.39 Å². The van der Waals surface area contributed by atoms with Gasteiger partial charge in [0.25, 0.3) is 0 Å². The highest BCUT2D eigenvalue weighted by molar-refractivity contribution is 5.36. The van der Waals surface area contributed by atoms with E-state index in [1.54, 1.807) is 6.07 Å². The molecule has 1 nitrogen and oxygen atoms in total. The minimum absolute atomic E-state index is 0.0431. The van der Waals surface area contributed by atoms with Crippen LogP contribution in [0.2, 0.25) is 0 Å². The first-order valence-electron chi connectivity index (χ1n) is 5.20. The summed E-state index contributed by atoms with van der Waals surface area (Å²) in [5, 5.41) is 3.19. The molecule has 76 valence electrons. The van der Waals surface area contributed by atoms with Crippen molar-refractivity contribution in [2.75, 3.05) is 6.54 Å². The minimum Gasteiger partial charge on any atom is -0.312 e. The first kappa shape index (κ1) is 9.66. The van der Waals surface area contributed by atoms with Gasteiger partial charge in [-0.05, 0) is 36.1 Å². The highest BCUT2D eigenvalue weighted by atomic mass is 19.1. The predicted octanol–water partition coefficient (Wildman–Crippen LogP) is 2.59. The Hall–Kier alpha value is -0.890. The Balaban J connectivity index is 2.46. The van der Waals surface area contributed by atoms with Gasteiger partial charge in [0.05, 0.1) is 0 Å². The summed E-state index contributed by atoms with van der Waals surface area (Å²) in [5.74, 6) is 0.364. The normalized spacial score (nSPS) is 15.7. The van der Waals surface area contributed by atoms with E-state index in [0.717, 1.165) is 24.1 Å². The molecule has 0 unspecified atom stereocenters. The molecule has 2 heteroatoms. The molecule has 2 rings (SSSR count). The average molecular weight is 193 g/mol. The third-order valence-electron chi connectivity index (χ3n) is 2.85. The number of nitrogens with one attached hydrogen (secondary N) is 1. The summed E-state index contributed by atoms with van der Waals surface area (Å²) in [6.07, 6.45) is 0.951. The van der Waals surface area contributed by atoms with Crippen LogP contribution in [0.4, 0.5) is 4.39 Å². The molecule has 1 aliphatic heterocycles. The summed E-state index contributed by atoms with van der Waals surface area (Å²) in [6.45, 7) is 5.85. The second-order valence-electron chi connectivity index (χ2n) is 4.22. The number of hydrogen-bond donors (Lipinski definition) is 1. The van der Waals surface area contributed by atoms with Gasteiger partial charge in [0.1, 0.15) is 5.82 Å². The fraction of sp³-hybridized carbons (Fsp3) is 0.500. The number of halogens is 1. The van der Waals surface area contributed by atoms with Gasteiger partial charge < -0.3 is 5.32 Å². The van der Waals surface area contributed by atoms with Crippen LogP contribution >= 0.6 is 0 Å². The Morgan fingerprint density at radius 3 is 2.86 bits per heavy atom. The SMILES string of the molecule is CC(C)c1cc(F)c2c(c1)CCNC2. The first-order valence-corrected chi connectivity index (χ1v) is 5.20. The van der Waals surface area contributed by atoms with Crippen LogP contribution < -0.4 is 5.32 Å². The van der Waals surface area contributed by atoms with Crippen LogP contribution in [0.3, 0.4) is 0 Å². The largest absolute Gasteiger partial charge is 0.312 e. The fourth-order valence-electron chi connectivity index (χ4n) is 1.91. The molecular weight excluding hydrogens is 177 g/mol. The third-order valence-corrected chi connectivity index (χ3v) is 2.85. The fourth-order valence-corrected chi connectivity index (χ4v) is 1.91. The average Bonchev–Trinajstić information content (AvgIpc) is 2.17. The predicted molar refractivity (Wildman–Crippen MR) is 55.9 cm³/mol. The zero-order valence-electron chi connectivity index (χ0n) is 8.73. The lowest BCUT2D eigenvalue weighted by molar-refractivity contribution is 0.559. The van der Waals surface area contributed by atoms with E-state index in [2.05, 4.69) is 25.2 Å². The summed E-state index contributed by atoms with van der Waals surface area (Å²) in [5.41, 5.74) is 3.16. The van der Waals surface area contributed by atoms with Crippen LogP contribution in [0, 0.1) is 5.82 Å². The number of hydrogen-bond acceptors (Lipinski definition) is 1. The maximum atomic E-state index is 13.7. The van der Waals surface area contributed by atoms with Crippen molar-refractivity contribution in [1.82, 2.24) is 5.32 Å². The Kier molecular flexibility index (Phi) is 2.55. The van der Waals surface area contributed by atoms with Crippen molar-refractivity contribution in [2.45, 2.75) is 32.7 Å². The molecule has 0 radical (unpaired) electrons. The highest BCUT2D eigenvalue weighted by Gasteiger charge is 2.15. The molecule has 0 atom stereocenters. The van der Waals surface area contributed by atoms with E-state index < -0.39 is 0 Å². The quantitative estimate of drug-likeness (QED) is 0.723. The second-order valence-corrected chi connectivity index (χ2v) is 4.22. The van der Waals surface area contributed by atoms with Crippen LogP contribution in [0.5, 0.6) is 0 Å². The summed E-state index contributed by atoms with van der Waals surface area (Å²) in [4.78, 5) is 0. The van der Waals surface area contributed by atoms with Gasteiger partial charge in [0, 0.05) is 12.1 Å². The second kappa shape index (κ2) is 3.70. The highest BCUT2D eigenvalue weighted by Crippen LogP contribution is 2.24. The molecule has 0 bridgehead atoms.